The molecule has 0 heterocycles. The van der Waals surface area contributed by atoms with Crippen LogP contribution >= 0.6 is 15.9 Å². The van der Waals surface area contributed by atoms with Gasteiger partial charge < -0.3 is 10.6 Å². The lowest BCUT2D eigenvalue weighted by molar-refractivity contribution is -0.122. The topological polar surface area (TPSA) is 58.2 Å². The number of carbonyl (C=O) groups is 2. The minimum absolute atomic E-state index is 0.165. The summed E-state index contributed by atoms with van der Waals surface area (Å²) >= 11 is 3.30. The van der Waals surface area contributed by atoms with Gasteiger partial charge in [-0.3, -0.25) is 9.59 Å². The fourth-order valence-corrected chi connectivity index (χ4v) is 1.61. The van der Waals surface area contributed by atoms with Crippen molar-refractivity contribution in [3.63, 3.8) is 0 Å². The molecular weight excluding hydrogens is 296 g/mol. The Morgan fingerprint density at radius 1 is 1.28 bits per heavy atom. The molecule has 2 amide bonds. The number of hydrogen-bond acceptors (Lipinski definition) is 2. The molecule has 0 aliphatic rings. The Balaban J connectivity index is 2.53. The van der Waals surface area contributed by atoms with Gasteiger partial charge in [0.05, 0.1) is 0 Å². The maximum Gasteiger partial charge on any atom is 0.251 e. The summed E-state index contributed by atoms with van der Waals surface area (Å²) in [5.41, 5.74) is 0.536. The number of nitrogens with one attached hydrogen (secondary N) is 2. The number of hydrogen-bond donors (Lipinski definition) is 2. The third-order valence-corrected chi connectivity index (χ3v) is 2.93. The van der Waals surface area contributed by atoms with Crippen molar-refractivity contribution in [2.75, 3.05) is 6.54 Å². The van der Waals surface area contributed by atoms with Crippen LogP contribution in [-0.4, -0.2) is 24.4 Å². The SMILES string of the molecule is CCCNC(=O)[C@H](C)NC(=O)c1ccc(Br)cc1. The van der Waals surface area contributed by atoms with Crippen LogP contribution in [0.15, 0.2) is 28.7 Å². The molecule has 1 aromatic carbocycles. The van der Waals surface area contributed by atoms with Gasteiger partial charge in [0.15, 0.2) is 0 Å². The van der Waals surface area contributed by atoms with Crippen molar-refractivity contribution in [1.29, 1.82) is 0 Å². The molecule has 0 spiro atoms. The third kappa shape index (κ3) is 4.49. The van der Waals surface area contributed by atoms with Gasteiger partial charge in [-0.05, 0) is 37.6 Å². The molecule has 18 heavy (non-hydrogen) atoms. The van der Waals surface area contributed by atoms with E-state index in [4.69, 9.17) is 0 Å². The van der Waals surface area contributed by atoms with E-state index in [1.54, 1.807) is 31.2 Å². The quantitative estimate of drug-likeness (QED) is 0.874. The van der Waals surface area contributed by atoms with Crippen molar-refractivity contribution in [1.82, 2.24) is 10.6 Å². The van der Waals surface area contributed by atoms with Gasteiger partial charge in [-0.2, -0.15) is 0 Å². The van der Waals surface area contributed by atoms with Crippen LogP contribution in [0, 0.1) is 0 Å². The Morgan fingerprint density at radius 3 is 2.44 bits per heavy atom. The van der Waals surface area contributed by atoms with E-state index >= 15 is 0 Å². The highest BCUT2D eigenvalue weighted by atomic mass is 79.9. The van der Waals surface area contributed by atoms with Crippen LogP contribution in [0.3, 0.4) is 0 Å². The molecule has 0 unspecified atom stereocenters. The van der Waals surface area contributed by atoms with Gasteiger partial charge in [-0.25, -0.2) is 0 Å². The summed E-state index contributed by atoms with van der Waals surface area (Å²) in [5, 5.41) is 5.39. The molecule has 2 N–H and O–H groups in total. The van der Waals surface area contributed by atoms with E-state index < -0.39 is 6.04 Å². The lowest BCUT2D eigenvalue weighted by Gasteiger charge is -2.13. The Morgan fingerprint density at radius 2 is 1.89 bits per heavy atom. The monoisotopic (exact) mass is 312 g/mol. The van der Waals surface area contributed by atoms with Gasteiger partial charge in [0.25, 0.3) is 5.91 Å². The molecule has 0 saturated heterocycles. The van der Waals surface area contributed by atoms with Gasteiger partial charge in [-0.15, -0.1) is 0 Å². The molecule has 0 aromatic heterocycles. The molecule has 98 valence electrons. The van der Waals surface area contributed by atoms with E-state index in [0.717, 1.165) is 10.9 Å². The Labute approximate surface area is 115 Å². The summed E-state index contributed by atoms with van der Waals surface area (Å²) in [5.74, 6) is -0.413. The van der Waals surface area contributed by atoms with Gasteiger partial charge >= 0.3 is 0 Å². The zero-order chi connectivity index (χ0) is 13.5. The molecule has 1 aromatic rings. The summed E-state index contributed by atoms with van der Waals surface area (Å²) in [6.45, 7) is 4.27. The van der Waals surface area contributed by atoms with Crippen molar-refractivity contribution in [2.45, 2.75) is 26.3 Å². The van der Waals surface area contributed by atoms with E-state index in [9.17, 15) is 9.59 Å². The highest BCUT2D eigenvalue weighted by Gasteiger charge is 2.15. The van der Waals surface area contributed by atoms with E-state index in [0.29, 0.717) is 12.1 Å². The third-order valence-electron chi connectivity index (χ3n) is 2.40. The van der Waals surface area contributed by atoms with Gasteiger partial charge in [0, 0.05) is 16.6 Å². The van der Waals surface area contributed by atoms with Crippen LogP contribution in [0.1, 0.15) is 30.6 Å². The van der Waals surface area contributed by atoms with E-state index in [-0.39, 0.29) is 11.8 Å². The summed E-state index contributed by atoms with van der Waals surface area (Å²) in [6.07, 6.45) is 0.874. The van der Waals surface area contributed by atoms with Crippen LogP contribution in [0.25, 0.3) is 0 Å². The highest BCUT2D eigenvalue weighted by molar-refractivity contribution is 9.10. The summed E-state index contributed by atoms with van der Waals surface area (Å²) in [4.78, 5) is 23.4. The molecule has 0 aliphatic heterocycles. The maximum absolute atomic E-state index is 11.8. The number of rotatable bonds is 5. The Kier molecular flexibility index (Phi) is 5.85. The summed E-state index contributed by atoms with van der Waals surface area (Å²) in [7, 11) is 0. The molecular formula is C13H17BrN2O2. The molecule has 5 heteroatoms. The molecule has 1 rings (SSSR count). The highest BCUT2D eigenvalue weighted by Crippen LogP contribution is 2.10. The van der Waals surface area contributed by atoms with E-state index in [1.165, 1.54) is 0 Å². The fraction of sp³-hybridized carbons (Fsp3) is 0.385. The second kappa shape index (κ2) is 7.16. The largest absolute Gasteiger partial charge is 0.354 e. The normalized spacial score (nSPS) is 11.7. The minimum Gasteiger partial charge on any atom is -0.354 e. The average molecular weight is 313 g/mol. The van der Waals surface area contributed by atoms with Crippen LogP contribution in [-0.2, 0) is 4.79 Å². The van der Waals surface area contributed by atoms with Crippen molar-refractivity contribution in [3.8, 4) is 0 Å². The zero-order valence-electron chi connectivity index (χ0n) is 10.5. The number of benzene rings is 1. The Bertz CT molecular complexity index is 418. The standard InChI is InChI=1S/C13H17BrN2O2/c1-3-8-15-12(17)9(2)16-13(18)10-4-6-11(14)7-5-10/h4-7,9H,3,8H2,1-2H3,(H,15,17)(H,16,18)/t9-/m0/s1. The van der Waals surface area contributed by atoms with Crippen molar-refractivity contribution in [3.05, 3.63) is 34.3 Å². The smallest absolute Gasteiger partial charge is 0.251 e. The van der Waals surface area contributed by atoms with Crippen molar-refractivity contribution >= 4 is 27.7 Å². The first kappa shape index (κ1) is 14.7. The minimum atomic E-state index is -0.535. The van der Waals surface area contributed by atoms with Crippen molar-refractivity contribution < 1.29 is 9.59 Å². The molecule has 0 bridgehead atoms. The average Bonchev–Trinajstić information content (AvgIpc) is 2.36. The second-order valence-corrected chi connectivity index (χ2v) is 4.91. The fourth-order valence-electron chi connectivity index (χ4n) is 1.35. The number of carbonyl (C=O) groups excluding carboxylic acids is 2. The van der Waals surface area contributed by atoms with E-state index in [2.05, 4.69) is 26.6 Å². The lowest BCUT2D eigenvalue weighted by atomic mass is 10.2. The van der Waals surface area contributed by atoms with Crippen LogP contribution in [0.2, 0.25) is 0 Å². The first-order chi connectivity index (χ1) is 8.54. The maximum atomic E-state index is 11.8. The van der Waals surface area contributed by atoms with Crippen LogP contribution in [0.5, 0.6) is 0 Å². The van der Waals surface area contributed by atoms with Crippen molar-refractivity contribution in [2.24, 2.45) is 0 Å². The Hall–Kier alpha value is -1.36. The number of halogens is 1. The van der Waals surface area contributed by atoms with E-state index in [1.807, 2.05) is 6.92 Å². The predicted molar refractivity (Wildman–Crippen MR) is 74.4 cm³/mol. The number of amides is 2. The summed E-state index contributed by atoms with van der Waals surface area (Å²) < 4.78 is 0.910. The molecule has 1 atom stereocenters. The molecule has 0 saturated carbocycles. The van der Waals surface area contributed by atoms with Gasteiger partial charge in [0.2, 0.25) is 5.91 Å². The molecule has 0 fully saturated rings. The lowest BCUT2D eigenvalue weighted by Crippen LogP contribution is -2.44. The predicted octanol–water partition coefficient (Wildman–Crippen LogP) is 2.09. The summed E-state index contributed by atoms with van der Waals surface area (Å²) in [6, 6.07) is 6.45. The molecule has 0 aliphatic carbocycles. The first-order valence-electron chi connectivity index (χ1n) is 5.88. The van der Waals surface area contributed by atoms with Crippen LogP contribution < -0.4 is 10.6 Å². The second-order valence-electron chi connectivity index (χ2n) is 3.99. The molecule has 4 nitrogen and oxygen atoms in total. The van der Waals surface area contributed by atoms with Crippen LogP contribution in [0.4, 0.5) is 0 Å². The van der Waals surface area contributed by atoms with Gasteiger partial charge in [-0.1, -0.05) is 22.9 Å². The first-order valence-corrected chi connectivity index (χ1v) is 6.68. The van der Waals surface area contributed by atoms with Gasteiger partial charge in [0.1, 0.15) is 6.04 Å². The molecule has 0 radical (unpaired) electrons. The zero-order valence-corrected chi connectivity index (χ0v) is 12.1.